The Labute approximate surface area is 193 Å². The van der Waals surface area contributed by atoms with Gasteiger partial charge in [-0.3, -0.25) is 4.79 Å². The normalized spacial score (nSPS) is 15.4. The number of hydrogen-bond donors (Lipinski definition) is 0. The van der Waals surface area contributed by atoms with Crippen LogP contribution in [0.25, 0.3) is 0 Å². The van der Waals surface area contributed by atoms with Crippen LogP contribution in [0.5, 0.6) is 17.2 Å². The zero-order chi connectivity index (χ0) is 22.3. The number of amides is 1. The van der Waals surface area contributed by atoms with Crippen LogP contribution in [-0.2, 0) is 17.8 Å². The molecule has 0 bridgehead atoms. The number of thioether (sulfide) groups is 1. The Morgan fingerprint density at radius 1 is 0.938 bits per heavy atom. The van der Waals surface area contributed by atoms with E-state index in [0.717, 1.165) is 34.7 Å². The van der Waals surface area contributed by atoms with Crippen LogP contribution in [0.4, 0.5) is 0 Å². The molecule has 1 aliphatic rings. The van der Waals surface area contributed by atoms with E-state index < -0.39 is 0 Å². The molecule has 3 aromatic carbocycles. The predicted molar refractivity (Wildman–Crippen MR) is 127 cm³/mol. The minimum atomic E-state index is -0.0364. The van der Waals surface area contributed by atoms with E-state index in [9.17, 15) is 4.79 Å². The van der Waals surface area contributed by atoms with E-state index in [4.69, 9.17) is 14.2 Å². The minimum Gasteiger partial charge on any atom is -0.497 e. The number of benzene rings is 3. The van der Waals surface area contributed by atoms with Crippen molar-refractivity contribution in [1.29, 1.82) is 0 Å². The summed E-state index contributed by atoms with van der Waals surface area (Å²) in [6.07, 6.45) is 0.370. The molecular formula is C26H27NO4S. The highest BCUT2D eigenvalue weighted by atomic mass is 32.2. The van der Waals surface area contributed by atoms with Gasteiger partial charge in [0.25, 0.3) is 0 Å². The average Bonchev–Trinajstić information content (AvgIpc) is 3.34. The standard InChI is InChI=1S/C26H27NO4S/c1-29-22-11-8-19(9-12-22)16-25(28)27-14-15-32-26(27)21-10-13-23(30-2)24(17-21)31-18-20-6-4-3-5-7-20/h3-13,17,26H,14-16,18H2,1-2H3. The molecule has 0 aliphatic carbocycles. The van der Waals surface area contributed by atoms with Crippen LogP contribution in [0, 0.1) is 0 Å². The SMILES string of the molecule is COc1ccc(CC(=O)N2CCSC2c2ccc(OC)c(OCc3ccccc3)c2)cc1. The van der Waals surface area contributed by atoms with Crippen LogP contribution >= 0.6 is 11.8 Å². The molecule has 1 unspecified atom stereocenters. The Bertz CT molecular complexity index is 1040. The Balaban J connectivity index is 1.49. The molecule has 1 heterocycles. The summed E-state index contributed by atoms with van der Waals surface area (Å²) < 4.78 is 16.8. The molecule has 0 N–H and O–H groups in total. The summed E-state index contributed by atoms with van der Waals surface area (Å²) in [5, 5.41) is -0.0364. The average molecular weight is 450 g/mol. The second-order valence-electron chi connectivity index (χ2n) is 7.52. The Hall–Kier alpha value is -3.12. The van der Waals surface area contributed by atoms with Gasteiger partial charge >= 0.3 is 0 Å². The summed E-state index contributed by atoms with van der Waals surface area (Å²) in [7, 11) is 3.28. The molecule has 6 heteroatoms. The van der Waals surface area contributed by atoms with Gasteiger partial charge in [-0.1, -0.05) is 48.5 Å². The molecular weight excluding hydrogens is 422 g/mol. The number of ether oxygens (including phenoxy) is 3. The number of carbonyl (C=O) groups excluding carboxylic acids is 1. The van der Waals surface area contributed by atoms with Crippen LogP contribution in [0.3, 0.4) is 0 Å². The number of carbonyl (C=O) groups is 1. The molecule has 0 spiro atoms. The number of hydrogen-bond acceptors (Lipinski definition) is 5. The van der Waals surface area contributed by atoms with E-state index in [0.29, 0.717) is 24.5 Å². The third-order valence-electron chi connectivity index (χ3n) is 5.44. The fourth-order valence-electron chi connectivity index (χ4n) is 3.72. The first kappa shape index (κ1) is 22.1. The summed E-state index contributed by atoms with van der Waals surface area (Å²) in [6, 6.07) is 23.6. The van der Waals surface area contributed by atoms with Crippen molar-refractivity contribution in [1.82, 2.24) is 4.90 Å². The summed E-state index contributed by atoms with van der Waals surface area (Å²) in [4.78, 5) is 15.1. The highest BCUT2D eigenvalue weighted by Gasteiger charge is 2.31. The van der Waals surface area contributed by atoms with Gasteiger partial charge in [0, 0.05) is 12.3 Å². The first-order valence-corrected chi connectivity index (χ1v) is 11.6. The lowest BCUT2D eigenvalue weighted by Gasteiger charge is -2.25. The Kier molecular flexibility index (Phi) is 7.22. The van der Waals surface area contributed by atoms with Crippen molar-refractivity contribution < 1.29 is 19.0 Å². The number of methoxy groups -OCH3 is 2. The highest BCUT2D eigenvalue weighted by molar-refractivity contribution is 7.99. The maximum absolute atomic E-state index is 13.1. The molecule has 0 saturated carbocycles. The van der Waals surface area contributed by atoms with Crippen molar-refractivity contribution in [3.05, 3.63) is 89.5 Å². The van der Waals surface area contributed by atoms with Crippen LogP contribution in [0.2, 0.25) is 0 Å². The molecule has 1 atom stereocenters. The van der Waals surface area contributed by atoms with Gasteiger partial charge in [0.2, 0.25) is 5.91 Å². The highest BCUT2D eigenvalue weighted by Crippen LogP contribution is 2.41. The third-order valence-corrected chi connectivity index (χ3v) is 6.70. The molecule has 1 amide bonds. The third kappa shape index (κ3) is 5.19. The first-order chi connectivity index (χ1) is 15.7. The Morgan fingerprint density at radius 2 is 1.72 bits per heavy atom. The van der Waals surface area contributed by atoms with Gasteiger partial charge in [-0.15, -0.1) is 11.8 Å². The van der Waals surface area contributed by atoms with Gasteiger partial charge in [-0.25, -0.2) is 0 Å². The van der Waals surface area contributed by atoms with Crippen molar-refractivity contribution in [2.75, 3.05) is 26.5 Å². The number of nitrogens with zero attached hydrogens (tertiary/aromatic N) is 1. The topological polar surface area (TPSA) is 48.0 Å². The van der Waals surface area contributed by atoms with Crippen LogP contribution in [-0.4, -0.2) is 37.3 Å². The summed E-state index contributed by atoms with van der Waals surface area (Å²) in [5.74, 6) is 3.18. The smallest absolute Gasteiger partial charge is 0.228 e. The lowest BCUT2D eigenvalue weighted by atomic mass is 10.1. The first-order valence-electron chi connectivity index (χ1n) is 10.6. The zero-order valence-corrected chi connectivity index (χ0v) is 19.1. The fourth-order valence-corrected chi connectivity index (χ4v) is 4.98. The van der Waals surface area contributed by atoms with Gasteiger partial charge in [-0.05, 0) is 41.0 Å². The lowest BCUT2D eigenvalue weighted by molar-refractivity contribution is -0.130. The van der Waals surface area contributed by atoms with Crippen molar-refractivity contribution in [2.24, 2.45) is 0 Å². The van der Waals surface area contributed by atoms with Crippen LogP contribution < -0.4 is 14.2 Å². The Morgan fingerprint density at radius 3 is 2.44 bits per heavy atom. The van der Waals surface area contributed by atoms with Gasteiger partial charge in [0.15, 0.2) is 11.5 Å². The predicted octanol–water partition coefficient (Wildman–Crippen LogP) is 5.10. The fraction of sp³-hybridized carbons (Fsp3) is 0.269. The second-order valence-corrected chi connectivity index (χ2v) is 8.71. The van der Waals surface area contributed by atoms with Crippen molar-refractivity contribution >= 4 is 17.7 Å². The maximum atomic E-state index is 13.1. The van der Waals surface area contributed by atoms with Gasteiger partial charge in [-0.2, -0.15) is 0 Å². The van der Waals surface area contributed by atoms with Crippen LogP contribution in [0.15, 0.2) is 72.8 Å². The monoisotopic (exact) mass is 449 g/mol. The van der Waals surface area contributed by atoms with Crippen LogP contribution in [0.1, 0.15) is 22.1 Å². The molecule has 3 aromatic rings. The quantitative estimate of drug-likeness (QED) is 0.479. The van der Waals surface area contributed by atoms with Crippen molar-refractivity contribution in [3.63, 3.8) is 0 Å². The van der Waals surface area contributed by atoms with Gasteiger partial charge in [0.1, 0.15) is 17.7 Å². The summed E-state index contributed by atoms with van der Waals surface area (Å²) in [6.45, 7) is 1.19. The second kappa shape index (κ2) is 10.5. The van der Waals surface area contributed by atoms with E-state index in [1.54, 1.807) is 26.0 Å². The molecule has 32 heavy (non-hydrogen) atoms. The van der Waals surface area contributed by atoms with E-state index in [1.807, 2.05) is 77.7 Å². The van der Waals surface area contributed by atoms with Gasteiger partial charge in [0.05, 0.1) is 20.6 Å². The van der Waals surface area contributed by atoms with Gasteiger partial charge < -0.3 is 19.1 Å². The van der Waals surface area contributed by atoms with E-state index in [1.165, 1.54) is 0 Å². The maximum Gasteiger partial charge on any atom is 0.228 e. The van der Waals surface area contributed by atoms with E-state index in [-0.39, 0.29) is 11.3 Å². The summed E-state index contributed by atoms with van der Waals surface area (Å²) >= 11 is 1.77. The number of rotatable bonds is 8. The van der Waals surface area contributed by atoms with E-state index >= 15 is 0 Å². The molecule has 1 saturated heterocycles. The molecule has 4 rings (SSSR count). The molecule has 0 radical (unpaired) electrons. The van der Waals surface area contributed by atoms with E-state index in [2.05, 4.69) is 0 Å². The molecule has 1 fully saturated rings. The largest absolute Gasteiger partial charge is 0.497 e. The molecule has 5 nitrogen and oxygen atoms in total. The molecule has 1 aliphatic heterocycles. The van der Waals surface area contributed by atoms with Crippen molar-refractivity contribution in [2.45, 2.75) is 18.4 Å². The molecule has 166 valence electrons. The lowest BCUT2D eigenvalue weighted by Crippen LogP contribution is -2.31. The van der Waals surface area contributed by atoms with Crippen molar-refractivity contribution in [3.8, 4) is 17.2 Å². The molecule has 0 aromatic heterocycles. The minimum absolute atomic E-state index is 0.0364. The zero-order valence-electron chi connectivity index (χ0n) is 18.3. The summed E-state index contributed by atoms with van der Waals surface area (Å²) in [5.41, 5.74) is 3.11.